The summed E-state index contributed by atoms with van der Waals surface area (Å²) in [5.74, 6) is -2.29. The molecule has 3 aromatic rings. The zero-order valence-corrected chi connectivity index (χ0v) is 35.5. The number of aromatic nitrogens is 4. The van der Waals surface area contributed by atoms with Crippen LogP contribution in [0.25, 0.3) is 50.4 Å². The van der Waals surface area contributed by atoms with Crippen LogP contribution in [-0.4, -0.2) is 38.5 Å². The van der Waals surface area contributed by atoms with Gasteiger partial charge in [-0.15, -0.1) is 0 Å². The third-order valence-electron chi connectivity index (χ3n) is 9.77. The first-order valence-electron chi connectivity index (χ1n) is 17.2. The Morgan fingerprint density at radius 1 is 0.765 bits per heavy atom. The molecule has 2 aliphatic heterocycles. The molecule has 51 heavy (non-hydrogen) atoms. The zero-order chi connectivity index (χ0) is 35.4. The van der Waals surface area contributed by atoms with Gasteiger partial charge in [-0.05, 0) is 124 Å². The average Bonchev–Trinajstić information content (AvgIpc) is 3.71. The van der Waals surface area contributed by atoms with E-state index >= 15 is 0 Å². The molecule has 0 fully saturated rings. The second-order valence-corrected chi connectivity index (χ2v) is 13.1. The fourth-order valence-electron chi connectivity index (χ4n) is 6.89. The molecule has 8 bridgehead atoms. The summed E-state index contributed by atoms with van der Waals surface area (Å²) >= 11 is 0. The second-order valence-electron chi connectivity index (χ2n) is 13.1. The molecule has 5 rings (SSSR count). The van der Waals surface area contributed by atoms with Crippen molar-refractivity contribution in [3.05, 3.63) is 75.9 Å². The van der Waals surface area contributed by atoms with Crippen molar-refractivity contribution in [2.45, 2.75) is 99.0 Å². The number of hydrogen-bond donors (Lipinski definition) is 2. The molecule has 5 heterocycles. The van der Waals surface area contributed by atoms with Crippen molar-refractivity contribution in [2.75, 3.05) is 6.61 Å². The minimum absolute atomic E-state index is 0. The second kappa shape index (κ2) is 18.8. The summed E-state index contributed by atoms with van der Waals surface area (Å²) in [7, 11) is 0. The van der Waals surface area contributed by atoms with Crippen LogP contribution >= 0.6 is 0 Å². The van der Waals surface area contributed by atoms with Crippen molar-refractivity contribution in [3.63, 3.8) is 0 Å². The van der Waals surface area contributed by atoms with Crippen molar-refractivity contribution in [1.82, 2.24) is 19.9 Å². The maximum atomic E-state index is 11.6. The molecular formula is C40H46N4Na2O5. The fourth-order valence-corrected chi connectivity index (χ4v) is 6.89. The predicted molar refractivity (Wildman–Crippen MR) is 193 cm³/mol. The summed E-state index contributed by atoms with van der Waals surface area (Å²) in [6, 6.07) is 7.93. The smallest absolute Gasteiger partial charge is 0.550 e. The summed E-state index contributed by atoms with van der Waals surface area (Å²) in [5.41, 5.74) is 13.5. The first kappa shape index (κ1) is 42.7. The van der Waals surface area contributed by atoms with Gasteiger partial charge in [0.1, 0.15) is 0 Å². The van der Waals surface area contributed by atoms with Crippen molar-refractivity contribution in [2.24, 2.45) is 0 Å². The van der Waals surface area contributed by atoms with Crippen molar-refractivity contribution >= 4 is 62.4 Å². The van der Waals surface area contributed by atoms with Gasteiger partial charge in [0.25, 0.3) is 0 Å². The number of aromatic amines is 2. The molecule has 0 amide bonds. The van der Waals surface area contributed by atoms with E-state index in [4.69, 9.17) is 14.7 Å². The van der Waals surface area contributed by atoms with E-state index in [-0.39, 0.29) is 90.9 Å². The minimum atomic E-state index is -1.14. The molecule has 0 spiro atoms. The van der Waals surface area contributed by atoms with Gasteiger partial charge < -0.3 is 34.5 Å². The number of hydrogen-bond acceptors (Lipinski definition) is 7. The van der Waals surface area contributed by atoms with Crippen LogP contribution in [0.2, 0.25) is 0 Å². The van der Waals surface area contributed by atoms with Crippen LogP contribution in [0.5, 0.6) is 0 Å². The molecule has 0 saturated heterocycles. The molecule has 0 radical (unpaired) electrons. The Bertz CT molecular complexity index is 2040. The zero-order valence-electron chi connectivity index (χ0n) is 31.5. The van der Waals surface area contributed by atoms with E-state index in [0.717, 1.165) is 85.9 Å². The fraction of sp³-hybridized carbons (Fsp3) is 0.400. The molecule has 9 nitrogen and oxygen atoms in total. The Morgan fingerprint density at radius 3 is 1.82 bits per heavy atom. The Morgan fingerprint density at radius 2 is 1.29 bits per heavy atom. The van der Waals surface area contributed by atoms with Crippen LogP contribution < -0.4 is 69.3 Å². The molecular weight excluding hydrogens is 662 g/mol. The van der Waals surface area contributed by atoms with Gasteiger partial charge in [-0.25, -0.2) is 9.97 Å². The van der Waals surface area contributed by atoms with Crippen LogP contribution in [0.3, 0.4) is 0 Å². The van der Waals surface area contributed by atoms with Gasteiger partial charge in [0.15, 0.2) is 0 Å². The molecule has 11 heteroatoms. The molecule has 0 aliphatic carbocycles. The number of aryl methyl sites for hydroxylation is 2. The van der Waals surface area contributed by atoms with E-state index in [0.29, 0.717) is 29.4 Å². The number of carbonyl (C=O) groups is 2. The Labute approximate surface area is 344 Å². The topological polar surface area (TPSA) is 147 Å². The van der Waals surface area contributed by atoms with Gasteiger partial charge in [0, 0.05) is 51.7 Å². The summed E-state index contributed by atoms with van der Waals surface area (Å²) in [6.07, 6.45) is 6.27. The number of carboxylic acid groups (broad SMARTS) is 2. The SMILES string of the molecule is C=Cc1c(C)c2cc3nc(cc4nc(cc5[nH]c(cc1[nH]2)c(C)c5C(C)OCCCCCC)C(C)=C4CCC(=O)[O-])C(CCC(=O)[O-])=C3C.[Na+].[Na+]. The van der Waals surface area contributed by atoms with Crippen LogP contribution in [0.1, 0.15) is 130 Å². The number of aliphatic carboxylic acids is 2. The number of nitrogens with zero attached hydrogens (tertiary/aromatic N) is 2. The van der Waals surface area contributed by atoms with Gasteiger partial charge in [-0.3, -0.25) is 0 Å². The molecule has 2 aliphatic rings. The number of unbranched alkanes of at least 4 members (excludes halogenated alkanes) is 3. The summed E-state index contributed by atoms with van der Waals surface area (Å²) in [6.45, 7) is 17.0. The summed E-state index contributed by atoms with van der Waals surface area (Å²) < 4.78 is 6.40. The van der Waals surface area contributed by atoms with Crippen LogP contribution in [-0.2, 0) is 14.3 Å². The van der Waals surface area contributed by atoms with Gasteiger partial charge in [0.2, 0.25) is 0 Å². The molecule has 2 N–H and O–H groups in total. The van der Waals surface area contributed by atoms with Gasteiger partial charge in [-0.1, -0.05) is 38.8 Å². The number of H-pyrrole nitrogens is 2. The van der Waals surface area contributed by atoms with Crippen LogP contribution in [0, 0.1) is 13.8 Å². The Kier molecular flexibility index (Phi) is 15.7. The normalized spacial score (nSPS) is 13.1. The van der Waals surface area contributed by atoms with Gasteiger partial charge >= 0.3 is 59.1 Å². The summed E-state index contributed by atoms with van der Waals surface area (Å²) in [4.78, 5) is 40.3. The quantitative estimate of drug-likeness (QED) is 0.189. The number of carboxylic acids is 2. The number of allylic oxidation sites excluding steroid dienone is 4. The van der Waals surface area contributed by atoms with Gasteiger partial charge in [0.05, 0.1) is 28.9 Å². The molecule has 0 saturated carbocycles. The number of fused-ring (bicyclic) bond motifs is 8. The standard InChI is InChI=1S/C40H48N4O5.2Na/c1-8-10-11-12-17-49-26(7)40-25(6)33-19-34-27(9-2)22(3)30(41-34)18-31-23(4)28(13-15-38(45)46)35(42-31)21-36-29(14-16-39(47)48)24(5)32(43-36)20-37(40)44-33;;/h9,18-21,26,41,44H,2,8,10-17H2,1,3-7H3,(H,45,46)(H,47,48);;/q;2*+1/p-2. The Balaban J connectivity index is 0.00000351. The Hall–Kier alpha value is -2.76. The van der Waals surface area contributed by atoms with Crippen LogP contribution in [0.4, 0.5) is 0 Å². The van der Waals surface area contributed by atoms with Gasteiger partial charge in [-0.2, -0.15) is 0 Å². The first-order chi connectivity index (χ1) is 23.4. The third-order valence-corrected chi connectivity index (χ3v) is 9.77. The number of carbonyl (C=O) groups excluding carboxylic acids is 2. The first-order valence-corrected chi connectivity index (χ1v) is 17.2. The largest absolute Gasteiger partial charge is 1.00 e. The van der Waals surface area contributed by atoms with Crippen LogP contribution in [0.15, 0.2) is 30.8 Å². The predicted octanol–water partition coefficient (Wildman–Crippen LogP) is 1.16. The summed E-state index contributed by atoms with van der Waals surface area (Å²) in [5, 5.41) is 23.1. The van der Waals surface area contributed by atoms with E-state index in [1.54, 1.807) is 0 Å². The maximum Gasteiger partial charge on any atom is 1.00 e. The van der Waals surface area contributed by atoms with E-state index in [1.807, 2.05) is 45.0 Å². The van der Waals surface area contributed by atoms with E-state index in [2.05, 4.69) is 43.4 Å². The molecule has 1 atom stereocenters. The van der Waals surface area contributed by atoms with Crippen molar-refractivity contribution in [3.8, 4) is 0 Å². The molecule has 258 valence electrons. The number of ether oxygens (including phenoxy) is 1. The van der Waals surface area contributed by atoms with E-state index in [9.17, 15) is 19.8 Å². The van der Waals surface area contributed by atoms with Crippen molar-refractivity contribution < 1.29 is 83.7 Å². The number of rotatable bonds is 14. The third kappa shape index (κ3) is 9.62. The minimum Gasteiger partial charge on any atom is -0.550 e. The monoisotopic (exact) mass is 708 g/mol. The van der Waals surface area contributed by atoms with E-state index in [1.165, 1.54) is 6.42 Å². The van der Waals surface area contributed by atoms with Crippen molar-refractivity contribution in [1.29, 1.82) is 0 Å². The molecule has 1 unspecified atom stereocenters. The molecule has 3 aromatic heterocycles. The molecule has 0 aromatic carbocycles. The maximum absolute atomic E-state index is 11.6. The van der Waals surface area contributed by atoms with E-state index < -0.39 is 11.9 Å². The number of nitrogens with one attached hydrogen (secondary N) is 2. The average molecular weight is 709 g/mol.